The van der Waals surface area contributed by atoms with Crippen LogP contribution in [-0.2, 0) is 4.79 Å². The Kier molecular flexibility index (Phi) is 8.75. The number of alkyl halides is 4. The van der Waals surface area contributed by atoms with E-state index < -0.39 is 13.2 Å². The average molecular weight is 495 g/mol. The van der Waals surface area contributed by atoms with E-state index in [-0.39, 0.29) is 28.8 Å². The molecule has 0 aromatic heterocycles. The number of benzene rings is 2. The van der Waals surface area contributed by atoms with Gasteiger partial charge in [0.2, 0.25) is 0 Å². The number of carbonyl (C=O) groups is 1. The molecule has 1 fully saturated rings. The molecule has 0 amide bonds. The molecule has 0 unspecified atom stereocenters. The van der Waals surface area contributed by atoms with Gasteiger partial charge in [-0.25, -0.2) is 0 Å². The second-order valence-electron chi connectivity index (χ2n) is 7.55. The lowest BCUT2D eigenvalue weighted by Crippen LogP contribution is -2.37. The van der Waals surface area contributed by atoms with Gasteiger partial charge in [0.15, 0.2) is 28.8 Å². The maximum absolute atomic E-state index is 13.3. The van der Waals surface area contributed by atoms with Gasteiger partial charge < -0.3 is 18.9 Å². The zero-order chi connectivity index (χ0) is 25.5. The first-order valence-electron chi connectivity index (χ1n) is 10.7. The maximum Gasteiger partial charge on any atom is 0.387 e. The molecule has 0 radical (unpaired) electrons. The first kappa shape index (κ1) is 26.1. The minimum atomic E-state index is -2.99. The molecule has 0 N–H and O–H groups in total. The molecule has 0 spiro atoms. The molecular formula is C25H25F4NO5. The highest BCUT2D eigenvalue weighted by Gasteiger charge is 2.25. The second-order valence-corrected chi connectivity index (χ2v) is 7.55. The number of Topliss-reactive ketones (excluding diaryl/α,β-unsaturated/α-hetero) is 1. The zero-order valence-electron chi connectivity index (χ0n) is 19.4. The molecule has 35 heavy (non-hydrogen) atoms. The Hall–Kier alpha value is -3.53. The topological polar surface area (TPSA) is 57.2 Å². The quantitative estimate of drug-likeness (QED) is 0.349. The van der Waals surface area contributed by atoms with E-state index in [1.807, 2.05) is 6.92 Å². The highest BCUT2D eigenvalue weighted by Crippen LogP contribution is 2.33. The van der Waals surface area contributed by atoms with Crippen LogP contribution in [0.3, 0.4) is 0 Å². The Morgan fingerprint density at radius 3 is 1.57 bits per heavy atom. The number of ketones is 1. The van der Waals surface area contributed by atoms with E-state index in [0.717, 1.165) is 0 Å². The van der Waals surface area contributed by atoms with Crippen molar-refractivity contribution >= 4 is 17.9 Å². The van der Waals surface area contributed by atoms with E-state index in [0.29, 0.717) is 41.9 Å². The normalized spacial score (nSPS) is 16.9. The third-order valence-corrected chi connectivity index (χ3v) is 5.31. The van der Waals surface area contributed by atoms with E-state index in [4.69, 9.17) is 9.47 Å². The van der Waals surface area contributed by atoms with Gasteiger partial charge in [-0.3, -0.25) is 9.69 Å². The molecule has 1 heterocycles. The highest BCUT2D eigenvalue weighted by atomic mass is 19.3. The lowest BCUT2D eigenvalue weighted by atomic mass is 9.94. The Balaban J connectivity index is 1.93. The van der Waals surface area contributed by atoms with Gasteiger partial charge in [0, 0.05) is 24.2 Å². The fourth-order valence-electron chi connectivity index (χ4n) is 3.67. The first-order chi connectivity index (χ1) is 16.7. The number of methoxy groups -OCH3 is 2. The van der Waals surface area contributed by atoms with Crippen molar-refractivity contribution in [1.82, 2.24) is 4.90 Å². The van der Waals surface area contributed by atoms with Gasteiger partial charge in [-0.1, -0.05) is 19.1 Å². The molecule has 3 rings (SSSR count). The summed E-state index contributed by atoms with van der Waals surface area (Å²) in [5.41, 5.74) is 2.16. The molecule has 1 aliphatic rings. The number of piperidine rings is 1. The maximum atomic E-state index is 13.3. The summed E-state index contributed by atoms with van der Waals surface area (Å²) in [6.45, 7) is -2.55. The third kappa shape index (κ3) is 6.75. The van der Waals surface area contributed by atoms with Crippen LogP contribution in [0.25, 0.3) is 12.2 Å². The van der Waals surface area contributed by atoms with E-state index in [2.05, 4.69) is 14.4 Å². The summed E-state index contributed by atoms with van der Waals surface area (Å²) in [5.74, 6) is -0.172. The minimum Gasteiger partial charge on any atom is -0.493 e. The van der Waals surface area contributed by atoms with Crippen LogP contribution in [0, 0.1) is 0 Å². The summed E-state index contributed by atoms with van der Waals surface area (Å²) in [7, 11) is 2.67. The van der Waals surface area contributed by atoms with Crippen LogP contribution in [0.4, 0.5) is 17.6 Å². The van der Waals surface area contributed by atoms with Crippen LogP contribution in [0.1, 0.15) is 18.1 Å². The number of hydrogen-bond donors (Lipinski definition) is 0. The van der Waals surface area contributed by atoms with Gasteiger partial charge in [-0.15, -0.1) is 0 Å². The second kappa shape index (κ2) is 11.7. The van der Waals surface area contributed by atoms with E-state index in [1.54, 1.807) is 24.3 Å². The summed E-state index contributed by atoms with van der Waals surface area (Å²) >= 11 is 0. The molecule has 6 nitrogen and oxygen atoms in total. The fraction of sp³-hybridized carbons (Fsp3) is 0.320. The Bertz CT molecular complexity index is 1030. The fourth-order valence-corrected chi connectivity index (χ4v) is 3.67. The van der Waals surface area contributed by atoms with Gasteiger partial charge >= 0.3 is 13.2 Å². The lowest BCUT2D eigenvalue weighted by Gasteiger charge is -2.28. The summed E-state index contributed by atoms with van der Waals surface area (Å²) in [4.78, 5) is 15.3. The summed E-state index contributed by atoms with van der Waals surface area (Å²) in [6.07, 6.45) is 3.35. The third-order valence-electron chi connectivity index (χ3n) is 5.31. The SMILES string of the molecule is CCN1C/C(=C/c2ccc(OC(F)F)c(OC)c2)C(=O)/C(=C/c2ccc(OC(F)F)c(OC)c2)C1. The summed E-state index contributed by atoms with van der Waals surface area (Å²) in [6, 6.07) is 8.85. The predicted octanol–water partition coefficient (Wildman–Crippen LogP) is 5.28. The van der Waals surface area contributed by atoms with Crippen molar-refractivity contribution in [3.8, 4) is 23.0 Å². The van der Waals surface area contributed by atoms with Crippen molar-refractivity contribution in [3.63, 3.8) is 0 Å². The standard InChI is InChI=1S/C25H25F4NO5/c1-4-30-13-17(9-15-5-7-19(34-24(26)27)21(11-15)32-2)23(31)18(14-30)10-16-6-8-20(35-25(28)29)22(12-16)33-3/h5-12,24-25H,4,13-14H2,1-3H3/b17-9-,18-10+. The van der Waals surface area contributed by atoms with Crippen LogP contribution in [0.15, 0.2) is 47.5 Å². The van der Waals surface area contributed by atoms with Crippen molar-refractivity contribution in [2.75, 3.05) is 33.9 Å². The van der Waals surface area contributed by atoms with Gasteiger partial charge in [-0.05, 0) is 54.1 Å². The Morgan fingerprint density at radius 2 is 1.23 bits per heavy atom. The Morgan fingerprint density at radius 1 is 0.800 bits per heavy atom. The number of rotatable bonds is 9. The smallest absolute Gasteiger partial charge is 0.387 e. The number of halogens is 4. The van der Waals surface area contributed by atoms with Crippen LogP contribution in [0.2, 0.25) is 0 Å². The number of ether oxygens (including phenoxy) is 4. The van der Waals surface area contributed by atoms with Crippen LogP contribution in [-0.4, -0.2) is 57.8 Å². The number of nitrogens with zero attached hydrogens (tertiary/aromatic N) is 1. The van der Waals surface area contributed by atoms with E-state index in [9.17, 15) is 22.4 Å². The average Bonchev–Trinajstić information content (AvgIpc) is 2.82. The van der Waals surface area contributed by atoms with Gasteiger partial charge in [0.1, 0.15) is 0 Å². The number of likely N-dealkylation sites (N-methyl/N-ethyl adjacent to an activating group) is 1. The van der Waals surface area contributed by atoms with Crippen LogP contribution >= 0.6 is 0 Å². The predicted molar refractivity (Wildman–Crippen MR) is 122 cm³/mol. The zero-order valence-corrected chi connectivity index (χ0v) is 19.4. The van der Waals surface area contributed by atoms with E-state index >= 15 is 0 Å². The number of hydrogen-bond acceptors (Lipinski definition) is 6. The Labute approximate surface area is 200 Å². The molecule has 1 aliphatic heterocycles. The highest BCUT2D eigenvalue weighted by molar-refractivity contribution is 6.14. The first-order valence-corrected chi connectivity index (χ1v) is 10.7. The van der Waals surface area contributed by atoms with Crippen LogP contribution in [0.5, 0.6) is 23.0 Å². The van der Waals surface area contributed by atoms with Crippen molar-refractivity contribution in [2.24, 2.45) is 0 Å². The van der Waals surface area contributed by atoms with Gasteiger partial charge in [0.05, 0.1) is 14.2 Å². The van der Waals surface area contributed by atoms with Crippen LogP contribution < -0.4 is 18.9 Å². The number of carbonyl (C=O) groups excluding carboxylic acids is 1. The number of likely N-dealkylation sites (tertiary alicyclic amines) is 1. The van der Waals surface area contributed by atoms with E-state index in [1.165, 1.54) is 38.5 Å². The van der Waals surface area contributed by atoms with Crippen molar-refractivity contribution in [1.29, 1.82) is 0 Å². The molecule has 0 saturated carbocycles. The minimum absolute atomic E-state index is 0.108. The van der Waals surface area contributed by atoms with Crippen molar-refractivity contribution in [2.45, 2.75) is 20.1 Å². The molecule has 0 aliphatic carbocycles. The molecule has 10 heteroatoms. The molecule has 2 aromatic carbocycles. The molecular weight excluding hydrogens is 470 g/mol. The largest absolute Gasteiger partial charge is 0.493 e. The van der Waals surface area contributed by atoms with Crippen molar-refractivity contribution in [3.05, 3.63) is 58.7 Å². The van der Waals surface area contributed by atoms with Gasteiger partial charge in [-0.2, -0.15) is 17.6 Å². The molecule has 0 bridgehead atoms. The molecule has 1 saturated heterocycles. The summed E-state index contributed by atoms with van der Waals surface area (Å²) < 4.78 is 69.6. The lowest BCUT2D eigenvalue weighted by molar-refractivity contribution is -0.113. The van der Waals surface area contributed by atoms with Crippen molar-refractivity contribution < 1.29 is 41.3 Å². The molecule has 0 atom stereocenters. The molecule has 2 aromatic rings. The van der Waals surface area contributed by atoms with Gasteiger partial charge in [0.25, 0.3) is 0 Å². The monoisotopic (exact) mass is 495 g/mol. The molecule has 188 valence electrons. The summed E-state index contributed by atoms with van der Waals surface area (Å²) in [5, 5.41) is 0.